The van der Waals surface area contributed by atoms with Crippen molar-refractivity contribution in [3.05, 3.63) is 16.0 Å². The van der Waals surface area contributed by atoms with Crippen molar-refractivity contribution in [2.75, 3.05) is 18.5 Å². The predicted octanol–water partition coefficient (Wildman–Crippen LogP) is 3.11. The topological polar surface area (TPSA) is 84.5 Å². The van der Waals surface area contributed by atoms with E-state index in [1.807, 2.05) is 6.92 Å². The minimum absolute atomic E-state index is 0.213. The van der Waals surface area contributed by atoms with Gasteiger partial charge >= 0.3 is 5.97 Å². The molecule has 0 radical (unpaired) electrons. The smallest absolute Gasteiger partial charge is 0.341 e. The Morgan fingerprint density at radius 3 is 2.43 bits per heavy atom. The van der Waals surface area contributed by atoms with Crippen LogP contribution in [-0.4, -0.2) is 30.9 Å². The second kappa shape index (κ2) is 9.29. The van der Waals surface area contributed by atoms with Crippen molar-refractivity contribution in [2.45, 2.75) is 47.0 Å². The van der Waals surface area contributed by atoms with Gasteiger partial charge in [0.15, 0.2) is 0 Å². The molecule has 6 nitrogen and oxygen atoms in total. The highest BCUT2D eigenvalue weighted by Crippen LogP contribution is 2.33. The summed E-state index contributed by atoms with van der Waals surface area (Å²) >= 11 is 1.11. The van der Waals surface area contributed by atoms with E-state index in [0.29, 0.717) is 22.0 Å². The number of rotatable bonds is 8. The predicted molar refractivity (Wildman–Crippen MR) is 91.2 cm³/mol. The number of carbonyl (C=O) groups is 3. The Morgan fingerprint density at radius 2 is 1.87 bits per heavy atom. The highest BCUT2D eigenvalue weighted by molar-refractivity contribution is 7.18. The quantitative estimate of drug-likeness (QED) is 0.562. The molecule has 0 aromatic carbocycles. The third-order valence-electron chi connectivity index (χ3n) is 3.22. The molecule has 0 spiro atoms. The van der Waals surface area contributed by atoms with E-state index in [2.05, 4.69) is 10.6 Å². The number of esters is 1. The van der Waals surface area contributed by atoms with Crippen molar-refractivity contribution in [1.29, 1.82) is 0 Å². The van der Waals surface area contributed by atoms with Gasteiger partial charge in [-0.3, -0.25) is 9.59 Å². The van der Waals surface area contributed by atoms with Crippen LogP contribution >= 0.6 is 11.3 Å². The number of ether oxygens (including phenoxy) is 1. The molecule has 0 saturated heterocycles. The molecular weight excluding hydrogens is 316 g/mol. The standard InChI is InChI=1S/C16H24N2O4S/c1-5-8-9-17-14(20)13-10(4)12(16(21)22-7-3)15(23-13)18-11(19)6-2/h5-9H2,1-4H3,(H,17,20)(H,18,19). The first-order chi connectivity index (χ1) is 11.0. The lowest BCUT2D eigenvalue weighted by Crippen LogP contribution is -2.24. The fourth-order valence-corrected chi connectivity index (χ4v) is 3.07. The van der Waals surface area contributed by atoms with Crippen molar-refractivity contribution in [1.82, 2.24) is 5.32 Å². The molecule has 1 heterocycles. The second-order valence-electron chi connectivity index (χ2n) is 4.99. The summed E-state index contributed by atoms with van der Waals surface area (Å²) in [5.74, 6) is -0.974. The molecule has 2 N–H and O–H groups in total. The lowest BCUT2D eigenvalue weighted by molar-refractivity contribution is -0.115. The van der Waals surface area contributed by atoms with E-state index in [4.69, 9.17) is 4.74 Å². The van der Waals surface area contributed by atoms with Crippen LogP contribution in [0.15, 0.2) is 0 Å². The Labute approximate surface area is 140 Å². The first-order valence-corrected chi connectivity index (χ1v) is 8.66. The SMILES string of the molecule is CCCCNC(=O)c1sc(NC(=O)CC)c(C(=O)OCC)c1C. The van der Waals surface area contributed by atoms with Gasteiger partial charge < -0.3 is 15.4 Å². The van der Waals surface area contributed by atoms with Crippen LogP contribution in [0.3, 0.4) is 0 Å². The van der Waals surface area contributed by atoms with Crippen LogP contribution < -0.4 is 10.6 Å². The number of carbonyl (C=O) groups excluding carboxylic acids is 3. The normalized spacial score (nSPS) is 10.3. The average Bonchev–Trinajstić information content (AvgIpc) is 2.84. The summed E-state index contributed by atoms with van der Waals surface area (Å²) in [6, 6.07) is 0. The van der Waals surface area contributed by atoms with Crippen LogP contribution in [0.25, 0.3) is 0 Å². The van der Waals surface area contributed by atoms with Crippen molar-refractivity contribution >= 4 is 34.1 Å². The third-order valence-corrected chi connectivity index (χ3v) is 4.43. The fourth-order valence-electron chi connectivity index (χ4n) is 1.94. The highest BCUT2D eigenvalue weighted by atomic mass is 32.1. The lowest BCUT2D eigenvalue weighted by Gasteiger charge is -2.06. The van der Waals surface area contributed by atoms with Crippen LogP contribution in [0.1, 0.15) is 65.6 Å². The van der Waals surface area contributed by atoms with Gasteiger partial charge in [-0.2, -0.15) is 0 Å². The summed E-state index contributed by atoms with van der Waals surface area (Å²) < 4.78 is 5.04. The third kappa shape index (κ3) is 5.06. The molecule has 0 aliphatic heterocycles. The van der Waals surface area contributed by atoms with Gasteiger partial charge in [0.2, 0.25) is 5.91 Å². The molecule has 0 atom stereocenters. The summed E-state index contributed by atoms with van der Waals surface area (Å²) in [6.45, 7) is 7.98. The van der Waals surface area contributed by atoms with Gasteiger partial charge in [0, 0.05) is 13.0 Å². The molecule has 1 rings (SSSR count). The summed E-state index contributed by atoms with van der Waals surface area (Å²) in [5.41, 5.74) is 0.799. The molecule has 0 saturated carbocycles. The van der Waals surface area contributed by atoms with E-state index in [1.165, 1.54) is 0 Å². The number of nitrogens with one attached hydrogen (secondary N) is 2. The molecule has 0 aliphatic carbocycles. The summed E-state index contributed by atoms with van der Waals surface area (Å²) in [7, 11) is 0. The molecule has 0 fully saturated rings. The minimum Gasteiger partial charge on any atom is -0.462 e. The first kappa shape index (κ1) is 19.2. The molecule has 0 bridgehead atoms. The summed E-state index contributed by atoms with van der Waals surface area (Å²) in [6.07, 6.45) is 2.16. The molecule has 1 aromatic heterocycles. The van der Waals surface area contributed by atoms with Gasteiger partial charge in [0.1, 0.15) is 5.00 Å². The van der Waals surface area contributed by atoms with Gasteiger partial charge in [-0.05, 0) is 25.8 Å². The van der Waals surface area contributed by atoms with E-state index in [0.717, 1.165) is 24.2 Å². The van der Waals surface area contributed by atoms with Gasteiger partial charge in [0.25, 0.3) is 5.91 Å². The number of amides is 2. The molecule has 0 unspecified atom stereocenters. The number of thiophene rings is 1. The second-order valence-corrected chi connectivity index (χ2v) is 6.01. The van der Waals surface area contributed by atoms with Crippen molar-refractivity contribution in [2.24, 2.45) is 0 Å². The first-order valence-electron chi connectivity index (χ1n) is 7.84. The molecule has 0 aliphatic rings. The van der Waals surface area contributed by atoms with Crippen molar-refractivity contribution in [3.8, 4) is 0 Å². The zero-order chi connectivity index (χ0) is 17.4. The minimum atomic E-state index is -0.528. The molecular formula is C16H24N2O4S. The number of hydrogen-bond donors (Lipinski definition) is 2. The Morgan fingerprint density at radius 1 is 1.17 bits per heavy atom. The molecule has 2 amide bonds. The van der Waals surface area contributed by atoms with Gasteiger partial charge in [-0.1, -0.05) is 20.3 Å². The van der Waals surface area contributed by atoms with Crippen LogP contribution in [0.4, 0.5) is 5.00 Å². The number of hydrogen-bond acceptors (Lipinski definition) is 5. The van der Waals surface area contributed by atoms with E-state index >= 15 is 0 Å². The van der Waals surface area contributed by atoms with Crippen LogP contribution in [0, 0.1) is 6.92 Å². The van der Waals surface area contributed by atoms with Crippen LogP contribution in [0.2, 0.25) is 0 Å². The van der Waals surface area contributed by atoms with E-state index in [-0.39, 0.29) is 30.4 Å². The zero-order valence-electron chi connectivity index (χ0n) is 14.1. The largest absolute Gasteiger partial charge is 0.462 e. The monoisotopic (exact) mass is 340 g/mol. The number of unbranched alkanes of at least 4 members (excludes halogenated alkanes) is 1. The Bertz CT molecular complexity index is 581. The Hall–Kier alpha value is -1.89. The Balaban J connectivity index is 3.12. The maximum atomic E-state index is 12.3. The van der Waals surface area contributed by atoms with Crippen LogP contribution in [0.5, 0.6) is 0 Å². The molecule has 7 heteroatoms. The summed E-state index contributed by atoms with van der Waals surface area (Å²) in [4.78, 5) is 36.5. The zero-order valence-corrected chi connectivity index (χ0v) is 14.9. The lowest BCUT2D eigenvalue weighted by atomic mass is 10.1. The highest BCUT2D eigenvalue weighted by Gasteiger charge is 2.26. The van der Waals surface area contributed by atoms with Crippen LogP contribution in [-0.2, 0) is 9.53 Å². The van der Waals surface area contributed by atoms with Gasteiger partial charge in [-0.25, -0.2) is 4.79 Å². The average molecular weight is 340 g/mol. The van der Waals surface area contributed by atoms with Gasteiger partial charge in [-0.15, -0.1) is 11.3 Å². The Kier molecular flexibility index (Phi) is 7.74. The van der Waals surface area contributed by atoms with Crippen molar-refractivity contribution in [3.63, 3.8) is 0 Å². The maximum Gasteiger partial charge on any atom is 0.341 e. The van der Waals surface area contributed by atoms with Crippen molar-refractivity contribution < 1.29 is 19.1 Å². The molecule has 128 valence electrons. The van der Waals surface area contributed by atoms with E-state index in [1.54, 1.807) is 20.8 Å². The molecule has 1 aromatic rings. The molecule has 23 heavy (non-hydrogen) atoms. The van der Waals surface area contributed by atoms with Gasteiger partial charge in [0.05, 0.1) is 17.0 Å². The van der Waals surface area contributed by atoms with E-state index < -0.39 is 5.97 Å². The fraction of sp³-hybridized carbons (Fsp3) is 0.562. The number of anilines is 1. The van der Waals surface area contributed by atoms with E-state index in [9.17, 15) is 14.4 Å². The summed E-state index contributed by atoms with van der Waals surface area (Å²) in [5, 5.41) is 5.88. The maximum absolute atomic E-state index is 12.3.